The minimum Gasteiger partial charge on any atom is -0.350 e. The van der Waals surface area contributed by atoms with Gasteiger partial charge in [0.15, 0.2) is 5.11 Å². The molecular formula is C21H22ClN3O2S. The summed E-state index contributed by atoms with van der Waals surface area (Å²) in [5.74, 6) is -0.471. The quantitative estimate of drug-likeness (QED) is 0.483. The van der Waals surface area contributed by atoms with Gasteiger partial charge in [-0.05, 0) is 73.6 Å². The Labute approximate surface area is 175 Å². The predicted molar refractivity (Wildman–Crippen MR) is 119 cm³/mol. The average Bonchev–Trinajstić information content (AvgIpc) is 2.67. The molecule has 0 fully saturated rings. The topological polar surface area (TPSA) is 70.2 Å². The highest BCUT2D eigenvalue weighted by Crippen LogP contribution is 2.11. The molecule has 1 unspecified atom stereocenters. The zero-order valence-electron chi connectivity index (χ0n) is 15.7. The third-order valence-electron chi connectivity index (χ3n) is 3.93. The number of hydrogen-bond donors (Lipinski definition) is 3. The van der Waals surface area contributed by atoms with Gasteiger partial charge in [-0.2, -0.15) is 0 Å². The van der Waals surface area contributed by atoms with Crippen LogP contribution in [0.3, 0.4) is 0 Å². The zero-order chi connectivity index (χ0) is 20.5. The van der Waals surface area contributed by atoms with Crippen molar-refractivity contribution in [3.8, 4) is 0 Å². The largest absolute Gasteiger partial charge is 0.350 e. The summed E-state index contributed by atoms with van der Waals surface area (Å²) in [4.78, 5) is 24.0. The molecule has 0 saturated heterocycles. The summed E-state index contributed by atoms with van der Waals surface area (Å²) in [5.41, 5.74) is 2.09. The predicted octanol–water partition coefficient (Wildman–Crippen LogP) is 4.39. The molecule has 2 aromatic rings. The molecule has 0 bridgehead atoms. The highest BCUT2D eigenvalue weighted by Gasteiger charge is 2.08. The number of carbonyl (C=O) groups is 2. The van der Waals surface area contributed by atoms with Gasteiger partial charge in [0.05, 0.1) is 0 Å². The number of rotatable bonds is 6. The Morgan fingerprint density at radius 3 is 2.36 bits per heavy atom. The molecular weight excluding hydrogens is 394 g/mol. The van der Waals surface area contributed by atoms with Crippen molar-refractivity contribution >= 4 is 52.5 Å². The van der Waals surface area contributed by atoms with Gasteiger partial charge in [0.25, 0.3) is 5.91 Å². The third kappa shape index (κ3) is 7.13. The normalized spacial score (nSPS) is 11.7. The number of halogens is 1. The van der Waals surface area contributed by atoms with Crippen molar-refractivity contribution in [1.82, 2.24) is 10.6 Å². The number of amides is 2. The zero-order valence-corrected chi connectivity index (χ0v) is 17.2. The molecule has 3 N–H and O–H groups in total. The van der Waals surface area contributed by atoms with Gasteiger partial charge < -0.3 is 10.6 Å². The maximum Gasteiger partial charge on any atom is 0.251 e. The highest BCUT2D eigenvalue weighted by atomic mass is 35.5. The van der Waals surface area contributed by atoms with Crippen LogP contribution in [0.1, 0.15) is 36.2 Å². The number of hydrogen-bond acceptors (Lipinski definition) is 3. The van der Waals surface area contributed by atoms with E-state index in [1.54, 1.807) is 42.5 Å². The van der Waals surface area contributed by atoms with Crippen molar-refractivity contribution in [3.63, 3.8) is 0 Å². The van der Waals surface area contributed by atoms with Crippen LogP contribution in [-0.4, -0.2) is 23.0 Å². The molecule has 0 radical (unpaired) electrons. The Balaban J connectivity index is 1.86. The fraction of sp³-hybridized carbons (Fsp3) is 0.190. The van der Waals surface area contributed by atoms with Gasteiger partial charge in [-0.15, -0.1) is 0 Å². The van der Waals surface area contributed by atoms with Crippen molar-refractivity contribution in [1.29, 1.82) is 0 Å². The fourth-order valence-corrected chi connectivity index (χ4v) is 2.52. The summed E-state index contributed by atoms with van der Waals surface area (Å²) >= 11 is 11.0. The number of thiocarbonyl (C=S) groups is 1. The lowest BCUT2D eigenvalue weighted by Crippen LogP contribution is -2.33. The van der Waals surface area contributed by atoms with Gasteiger partial charge >= 0.3 is 0 Å². The second-order valence-electron chi connectivity index (χ2n) is 6.19. The number of anilines is 1. The summed E-state index contributed by atoms with van der Waals surface area (Å²) in [5, 5.41) is 9.19. The Morgan fingerprint density at radius 2 is 1.75 bits per heavy atom. The second-order valence-corrected chi connectivity index (χ2v) is 7.03. The lowest BCUT2D eigenvalue weighted by molar-refractivity contribution is -0.115. The van der Waals surface area contributed by atoms with E-state index in [0.29, 0.717) is 16.3 Å². The Kier molecular flexibility index (Phi) is 8.17. The summed E-state index contributed by atoms with van der Waals surface area (Å²) in [6.45, 7) is 3.97. The van der Waals surface area contributed by atoms with Gasteiger partial charge in [0.2, 0.25) is 5.91 Å². The van der Waals surface area contributed by atoms with E-state index in [2.05, 4.69) is 16.0 Å². The van der Waals surface area contributed by atoms with Crippen LogP contribution in [0.2, 0.25) is 5.02 Å². The van der Waals surface area contributed by atoms with Gasteiger partial charge in [-0.1, -0.05) is 30.7 Å². The molecule has 0 aliphatic rings. The molecule has 2 aromatic carbocycles. The first-order chi connectivity index (χ1) is 13.4. The number of benzene rings is 2. The first kappa shape index (κ1) is 21.6. The molecule has 0 aliphatic carbocycles. The molecule has 0 heterocycles. The third-order valence-corrected chi connectivity index (χ3v) is 4.38. The van der Waals surface area contributed by atoms with Crippen LogP contribution in [0.4, 0.5) is 5.69 Å². The maximum absolute atomic E-state index is 12.1. The van der Waals surface area contributed by atoms with E-state index in [1.165, 1.54) is 6.08 Å². The van der Waals surface area contributed by atoms with E-state index in [1.807, 2.05) is 26.0 Å². The molecule has 0 aromatic heterocycles. The lowest BCUT2D eigenvalue weighted by Gasteiger charge is -2.12. The van der Waals surface area contributed by atoms with Crippen LogP contribution < -0.4 is 16.0 Å². The van der Waals surface area contributed by atoms with Gasteiger partial charge in [0.1, 0.15) is 0 Å². The lowest BCUT2D eigenvalue weighted by atomic mass is 10.1. The van der Waals surface area contributed by atoms with Crippen molar-refractivity contribution in [2.24, 2.45) is 0 Å². The van der Waals surface area contributed by atoms with E-state index >= 15 is 0 Å². The van der Waals surface area contributed by atoms with Crippen LogP contribution in [-0.2, 0) is 4.79 Å². The average molecular weight is 416 g/mol. The van der Waals surface area contributed by atoms with Crippen molar-refractivity contribution in [2.75, 3.05) is 5.32 Å². The van der Waals surface area contributed by atoms with Gasteiger partial charge in [0, 0.05) is 28.4 Å². The van der Waals surface area contributed by atoms with Crippen LogP contribution in [0.15, 0.2) is 54.6 Å². The molecule has 2 rings (SSSR count). The fourth-order valence-electron chi connectivity index (χ4n) is 2.18. The molecule has 0 saturated carbocycles. The van der Waals surface area contributed by atoms with E-state index in [-0.39, 0.29) is 23.0 Å². The first-order valence-corrected chi connectivity index (χ1v) is 9.62. The molecule has 7 heteroatoms. The van der Waals surface area contributed by atoms with Crippen LogP contribution in [0, 0.1) is 0 Å². The van der Waals surface area contributed by atoms with Crippen molar-refractivity contribution in [3.05, 3.63) is 70.8 Å². The SMILES string of the molecule is CCC(C)NC(=O)c1ccc(NC(=S)NC(=O)/C=C/c2ccc(Cl)cc2)cc1. The standard InChI is InChI=1S/C21H22ClN3O2S/c1-3-14(2)23-20(27)16-7-11-18(12-8-16)24-21(28)25-19(26)13-6-15-4-9-17(22)10-5-15/h4-14H,3H2,1-2H3,(H,23,27)(H2,24,25,26,28)/b13-6+. The number of carbonyl (C=O) groups excluding carboxylic acids is 2. The van der Waals surface area contributed by atoms with Crippen LogP contribution in [0.25, 0.3) is 6.08 Å². The molecule has 0 spiro atoms. The van der Waals surface area contributed by atoms with E-state index in [0.717, 1.165) is 12.0 Å². The number of nitrogens with one attached hydrogen (secondary N) is 3. The Hall–Kier alpha value is -2.70. The van der Waals surface area contributed by atoms with E-state index in [4.69, 9.17) is 23.8 Å². The monoisotopic (exact) mass is 415 g/mol. The Bertz CT molecular complexity index is 864. The van der Waals surface area contributed by atoms with Gasteiger partial charge in [-0.3, -0.25) is 14.9 Å². The summed E-state index contributed by atoms with van der Waals surface area (Å²) in [6, 6.07) is 14.1. The smallest absolute Gasteiger partial charge is 0.251 e. The molecule has 0 aliphatic heterocycles. The molecule has 28 heavy (non-hydrogen) atoms. The molecule has 2 amide bonds. The van der Waals surface area contributed by atoms with Gasteiger partial charge in [-0.25, -0.2) is 0 Å². The summed E-state index contributed by atoms with van der Waals surface area (Å²) < 4.78 is 0. The molecule has 1 atom stereocenters. The first-order valence-electron chi connectivity index (χ1n) is 8.84. The van der Waals surface area contributed by atoms with E-state index in [9.17, 15) is 9.59 Å². The molecule has 146 valence electrons. The minimum absolute atomic E-state index is 0.119. The van der Waals surface area contributed by atoms with E-state index < -0.39 is 0 Å². The highest BCUT2D eigenvalue weighted by molar-refractivity contribution is 7.80. The van der Waals surface area contributed by atoms with Crippen molar-refractivity contribution in [2.45, 2.75) is 26.3 Å². The second kappa shape index (κ2) is 10.6. The minimum atomic E-state index is -0.350. The molecule has 5 nitrogen and oxygen atoms in total. The van der Waals surface area contributed by atoms with Crippen LogP contribution in [0.5, 0.6) is 0 Å². The van der Waals surface area contributed by atoms with Crippen LogP contribution >= 0.6 is 23.8 Å². The Morgan fingerprint density at radius 1 is 1.11 bits per heavy atom. The summed E-state index contributed by atoms with van der Waals surface area (Å²) in [7, 11) is 0. The van der Waals surface area contributed by atoms with Crippen molar-refractivity contribution < 1.29 is 9.59 Å². The summed E-state index contributed by atoms with van der Waals surface area (Å²) in [6.07, 6.45) is 3.92. The maximum atomic E-state index is 12.1.